The second kappa shape index (κ2) is 8.39. The molecule has 0 aliphatic heterocycles. The average Bonchev–Trinajstić information content (AvgIpc) is 2.46. The maximum Gasteiger partial charge on any atom is 0.409 e. The van der Waals surface area contributed by atoms with E-state index in [2.05, 4.69) is 19.9 Å². The largest absolute Gasteiger partial charge is 0.507 e. The number of rotatable bonds is 6. The number of phenolic OH excluding ortho intramolecular Hbond substituents is 1. The Labute approximate surface area is 143 Å². The third-order valence-electron chi connectivity index (χ3n) is 4.38. The van der Waals surface area contributed by atoms with E-state index in [0.717, 1.165) is 50.5 Å². The zero-order valence-corrected chi connectivity index (χ0v) is 14.7. The second-order valence-electron chi connectivity index (χ2n) is 6.34. The lowest BCUT2D eigenvalue weighted by molar-refractivity contribution is 0.225. The normalized spacial score (nSPS) is 17.7. The van der Waals surface area contributed by atoms with Crippen LogP contribution in [0.1, 0.15) is 69.4 Å². The topological polar surface area (TPSA) is 46.5 Å². The maximum absolute atomic E-state index is 11.2. The number of benzene rings is 1. The number of hydrogen-bond donors (Lipinski definition) is 1. The van der Waals surface area contributed by atoms with Gasteiger partial charge >= 0.3 is 5.43 Å². The van der Waals surface area contributed by atoms with Crippen LogP contribution in [0.15, 0.2) is 23.8 Å². The van der Waals surface area contributed by atoms with Crippen molar-refractivity contribution in [3.05, 3.63) is 34.9 Å². The fourth-order valence-corrected chi connectivity index (χ4v) is 3.36. The summed E-state index contributed by atoms with van der Waals surface area (Å²) >= 11 is 5.43. The Balaban J connectivity index is 2.35. The molecule has 1 N–H and O–H groups in total. The molecule has 1 aliphatic rings. The molecule has 3 nitrogen and oxygen atoms in total. The molecule has 0 bridgehead atoms. The molecule has 1 aromatic rings. The molecule has 0 saturated carbocycles. The van der Waals surface area contributed by atoms with Gasteiger partial charge in [-0.1, -0.05) is 31.4 Å². The zero-order valence-electron chi connectivity index (χ0n) is 13.9. The van der Waals surface area contributed by atoms with E-state index in [9.17, 15) is 9.90 Å². The van der Waals surface area contributed by atoms with Crippen molar-refractivity contribution >= 4 is 17.0 Å². The van der Waals surface area contributed by atoms with Crippen LogP contribution in [0.25, 0.3) is 0 Å². The molecular formula is C19H25ClO3. The zero-order chi connectivity index (χ0) is 16.8. The van der Waals surface area contributed by atoms with Gasteiger partial charge in [-0.15, -0.1) is 0 Å². The summed E-state index contributed by atoms with van der Waals surface area (Å²) < 4.78 is 5.20. The van der Waals surface area contributed by atoms with Gasteiger partial charge in [0.2, 0.25) is 0 Å². The molecule has 0 spiro atoms. The summed E-state index contributed by atoms with van der Waals surface area (Å²) in [5.74, 6) is 0.662. The molecule has 0 aromatic heterocycles. The number of phenols is 1. The minimum Gasteiger partial charge on any atom is -0.507 e. The fraction of sp³-hybridized carbons (Fsp3) is 0.526. The highest BCUT2D eigenvalue weighted by Crippen LogP contribution is 2.42. The maximum atomic E-state index is 11.2. The van der Waals surface area contributed by atoms with Crippen LogP contribution in [0.3, 0.4) is 0 Å². The Bertz CT molecular complexity index is 593. The molecule has 23 heavy (non-hydrogen) atoms. The summed E-state index contributed by atoms with van der Waals surface area (Å²) in [6.07, 6.45) is 9.42. The summed E-state index contributed by atoms with van der Waals surface area (Å²) in [4.78, 5) is 11.2. The van der Waals surface area contributed by atoms with E-state index < -0.39 is 5.43 Å². The number of ether oxygens (including phenoxy) is 1. The smallest absolute Gasteiger partial charge is 0.409 e. The monoisotopic (exact) mass is 336 g/mol. The van der Waals surface area contributed by atoms with Crippen molar-refractivity contribution in [2.75, 3.05) is 0 Å². The van der Waals surface area contributed by atoms with Crippen molar-refractivity contribution < 1.29 is 14.6 Å². The van der Waals surface area contributed by atoms with E-state index in [4.69, 9.17) is 16.3 Å². The number of unbranched alkanes of at least 4 members (excludes halogenated alkanes) is 2. The van der Waals surface area contributed by atoms with Crippen LogP contribution in [-0.2, 0) is 6.42 Å². The van der Waals surface area contributed by atoms with Gasteiger partial charge in [-0.25, -0.2) is 4.79 Å². The lowest BCUT2D eigenvalue weighted by Gasteiger charge is -2.23. The lowest BCUT2D eigenvalue weighted by atomic mass is 9.84. The van der Waals surface area contributed by atoms with Crippen molar-refractivity contribution in [3.63, 3.8) is 0 Å². The van der Waals surface area contributed by atoms with Crippen LogP contribution < -0.4 is 4.74 Å². The van der Waals surface area contributed by atoms with Crippen LogP contribution in [0.4, 0.5) is 4.79 Å². The van der Waals surface area contributed by atoms with Crippen molar-refractivity contribution in [3.8, 4) is 11.5 Å². The Morgan fingerprint density at radius 3 is 2.83 bits per heavy atom. The number of halogens is 1. The molecule has 126 valence electrons. The highest BCUT2D eigenvalue weighted by atomic mass is 35.5. The van der Waals surface area contributed by atoms with Crippen LogP contribution in [-0.4, -0.2) is 10.5 Å². The number of carbonyl (C=O) groups excluding carboxylic acids is 1. The van der Waals surface area contributed by atoms with Gasteiger partial charge in [0.25, 0.3) is 0 Å². The molecule has 0 radical (unpaired) electrons. The van der Waals surface area contributed by atoms with E-state index in [1.54, 1.807) is 6.07 Å². The standard InChI is InChI=1S/C19H25ClO3/c1-3-4-5-8-14-11-16(21)18(17(12-14)23-19(20)22)15-9-6-7-13(2)10-15/h10-12,15,21H,3-9H2,1-2H3. The highest BCUT2D eigenvalue weighted by Gasteiger charge is 2.23. The van der Waals surface area contributed by atoms with Gasteiger partial charge < -0.3 is 9.84 Å². The molecule has 0 amide bonds. The lowest BCUT2D eigenvalue weighted by Crippen LogP contribution is -2.08. The van der Waals surface area contributed by atoms with Crippen molar-refractivity contribution in [1.29, 1.82) is 0 Å². The van der Waals surface area contributed by atoms with Gasteiger partial charge in [-0.3, -0.25) is 0 Å². The molecule has 1 unspecified atom stereocenters. The molecule has 0 heterocycles. The average molecular weight is 337 g/mol. The van der Waals surface area contributed by atoms with E-state index in [-0.39, 0.29) is 11.7 Å². The van der Waals surface area contributed by atoms with Gasteiger partial charge in [0.05, 0.1) is 0 Å². The van der Waals surface area contributed by atoms with Gasteiger partial charge in [0.15, 0.2) is 0 Å². The second-order valence-corrected chi connectivity index (χ2v) is 6.64. The fourth-order valence-electron chi connectivity index (χ4n) is 3.27. The van der Waals surface area contributed by atoms with Crippen LogP contribution in [0, 0.1) is 0 Å². The summed E-state index contributed by atoms with van der Waals surface area (Å²) in [6.45, 7) is 4.24. The highest BCUT2D eigenvalue weighted by molar-refractivity contribution is 6.61. The number of aryl methyl sites for hydroxylation is 1. The first-order valence-corrected chi connectivity index (χ1v) is 8.79. The molecule has 1 aliphatic carbocycles. The number of allylic oxidation sites excluding steroid dienone is 2. The molecule has 1 aromatic carbocycles. The number of aromatic hydroxyl groups is 1. The van der Waals surface area contributed by atoms with Crippen molar-refractivity contribution in [2.45, 2.75) is 64.7 Å². The van der Waals surface area contributed by atoms with Gasteiger partial charge in [-0.05, 0) is 56.7 Å². The Morgan fingerprint density at radius 1 is 1.39 bits per heavy atom. The van der Waals surface area contributed by atoms with E-state index in [1.807, 2.05) is 6.07 Å². The quantitative estimate of drug-likeness (QED) is 0.389. The Hall–Kier alpha value is -1.48. The van der Waals surface area contributed by atoms with Crippen molar-refractivity contribution in [2.24, 2.45) is 0 Å². The predicted octanol–water partition coefficient (Wildman–Crippen LogP) is 6.08. The molecule has 4 heteroatoms. The molecule has 2 rings (SSSR count). The Morgan fingerprint density at radius 2 is 2.17 bits per heavy atom. The first-order chi connectivity index (χ1) is 11.0. The minimum absolute atomic E-state index is 0.0689. The third kappa shape index (κ3) is 5.00. The van der Waals surface area contributed by atoms with E-state index >= 15 is 0 Å². The summed E-state index contributed by atoms with van der Waals surface area (Å²) in [6, 6.07) is 3.65. The number of hydrogen-bond acceptors (Lipinski definition) is 3. The Kier molecular flexibility index (Phi) is 6.52. The molecular weight excluding hydrogens is 312 g/mol. The SMILES string of the molecule is CCCCCc1cc(O)c(C2C=C(C)CCC2)c(OC(=O)Cl)c1. The van der Waals surface area contributed by atoms with Crippen molar-refractivity contribution in [1.82, 2.24) is 0 Å². The van der Waals surface area contributed by atoms with E-state index in [0.29, 0.717) is 11.3 Å². The predicted molar refractivity (Wildman–Crippen MR) is 93.6 cm³/mol. The van der Waals surface area contributed by atoms with E-state index in [1.165, 1.54) is 5.57 Å². The molecule has 0 fully saturated rings. The van der Waals surface area contributed by atoms with Gasteiger partial charge in [0, 0.05) is 23.1 Å². The third-order valence-corrected chi connectivity index (χ3v) is 4.46. The minimum atomic E-state index is -0.868. The van der Waals surface area contributed by atoms with Crippen LogP contribution in [0.5, 0.6) is 11.5 Å². The first kappa shape index (κ1) is 17.9. The first-order valence-electron chi connectivity index (χ1n) is 8.41. The van der Waals surface area contributed by atoms with Gasteiger partial charge in [-0.2, -0.15) is 0 Å². The summed E-state index contributed by atoms with van der Waals surface area (Å²) in [5.41, 5.74) is 2.09. The van der Waals surface area contributed by atoms with Crippen LogP contribution >= 0.6 is 11.6 Å². The summed E-state index contributed by atoms with van der Waals surface area (Å²) in [5, 5.41) is 10.5. The summed E-state index contributed by atoms with van der Waals surface area (Å²) in [7, 11) is 0. The van der Waals surface area contributed by atoms with Crippen LogP contribution in [0.2, 0.25) is 0 Å². The molecule has 1 atom stereocenters. The number of carbonyl (C=O) groups is 1. The molecule has 0 saturated heterocycles. The van der Waals surface area contributed by atoms with Gasteiger partial charge in [0.1, 0.15) is 11.5 Å².